The van der Waals surface area contributed by atoms with Gasteiger partial charge in [0.1, 0.15) is 23.7 Å². The van der Waals surface area contributed by atoms with Gasteiger partial charge < -0.3 is 25.6 Å². The van der Waals surface area contributed by atoms with Crippen molar-refractivity contribution in [2.75, 3.05) is 6.54 Å². The normalized spacial score (nSPS) is 36.5. The van der Waals surface area contributed by atoms with Gasteiger partial charge in [-0.2, -0.15) is 0 Å². The Balaban J connectivity index is 2.07. The van der Waals surface area contributed by atoms with Crippen molar-refractivity contribution in [1.82, 2.24) is 10.6 Å². The van der Waals surface area contributed by atoms with E-state index in [0.717, 1.165) is 0 Å². The maximum Gasteiger partial charge on any atom is 0.252 e. The molecule has 0 aromatic rings. The van der Waals surface area contributed by atoms with E-state index < -0.39 is 35.7 Å². The largest absolute Gasteiger partial charge is 0.388 e. The molecule has 1 fully saturated rings. The molecular formula is C12H21N3O4S. The standard InChI is InChI=1S/C12H21N3O4S/c1-4-13-12-15-6-7(16)8(17)9(19-11(6)20-12)10(18)14-5(2)3/h5-9,11,16-17H,4H2,1-3H3,(H,13,15)(H,14,18)/t6-,7+,8-,9-,11-/m0/s1. The number of thioether (sulfide) groups is 1. The van der Waals surface area contributed by atoms with E-state index in [4.69, 9.17) is 4.74 Å². The van der Waals surface area contributed by atoms with Crippen molar-refractivity contribution < 1.29 is 19.7 Å². The zero-order chi connectivity index (χ0) is 14.9. The molecular weight excluding hydrogens is 282 g/mol. The van der Waals surface area contributed by atoms with E-state index >= 15 is 0 Å². The summed E-state index contributed by atoms with van der Waals surface area (Å²) >= 11 is 1.33. The minimum Gasteiger partial charge on any atom is -0.388 e. The van der Waals surface area contributed by atoms with Gasteiger partial charge in [-0.05, 0) is 20.8 Å². The van der Waals surface area contributed by atoms with Crippen molar-refractivity contribution in [3.05, 3.63) is 0 Å². The molecule has 0 spiro atoms. The quantitative estimate of drug-likeness (QED) is 0.535. The lowest BCUT2D eigenvalue weighted by Crippen LogP contribution is -2.59. The number of fused-ring (bicyclic) bond motifs is 1. The SMILES string of the molecule is CCNC1=N[C@H]2[C@@H](O)[C@H](O)[C@@H](C(=O)NC(C)C)O[C@H]2S1. The summed E-state index contributed by atoms with van der Waals surface area (Å²) in [6.45, 7) is 6.29. The van der Waals surface area contributed by atoms with Gasteiger partial charge in [-0.25, -0.2) is 0 Å². The lowest BCUT2D eigenvalue weighted by Gasteiger charge is -2.37. The highest BCUT2D eigenvalue weighted by Gasteiger charge is 2.50. The second kappa shape index (κ2) is 6.30. The molecule has 0 aliphatic carbocycles. The van der Waals surface area contributed by atoms with Crippen LogP contribution in [-0.4, -0.2) is 63.7 Å². The van der Waals surface area contributed by atoms with Gasteiger partial charge in [-0.1, -0.05) is 11.8 Å². The lowest BCUT2D eigenvalue weighted by molar-refractivity contribution is -0.171. The van der Waals surface area contributed by atoms with Crippen LogP contribution in [0.1, 0.15) is 20.8 Å². The zero-order valence-electron chi connectivity index (χ0n) is 11.7. The van der Waals surface area contributed by atoms with Gasteiger partial charge in [-0.15, -0.1) is 0 Å². The predicted molar refractivity (Wildman–Crippen MR) is 76.4 cm³/mol. The predicted octanol–water partition coefficient (Wildman–Crippen LogP) is -0.961. The molecule has 114 valence electrons. The first-order valence-corrected chi connectivity index (χ1v) is 7.62. The van der Waals surface area contributed by atoms with Crippen LogP contribution in [-0.2, 0) is 9.53 Å². The number of rotatable bonds is 3. The highest BCUT2D eigenvalue weighted by molar-refractivity contribution is 8.14. The molecule has 4 N–H and O–H groups in total. The number of aliphatic hydroxyl groups is 2. The molecule has 2 rings (SSSR count). The summed E-state index contributed by atoms with van der Waals surface area (Å²) in [6, 6.07) is -0.606. The fraction of sp³-hybridized carbons (Fsp3) is 0.833. The number of carbonyl (C=O) groups excluding carboxylic acids is 1. The third-order valence-corrected chi connectivity index (χ3v) is 4.18. The Morgan fingerprint density at radius 2 is 2.15 bits per heavy atom. The molecule has 0 bridgehead atoms. The van der Waals surface area contributed by atoms with E-state index in [0.29, 0.717) is 11.7 Å². The highest BCUT2D eigenvalue weighted by atomic mass is 32.2. The molecule has 2 heterocycles. The van der Waals surface area contributed by atoms with Gasteiger partial charge in [-0.3, -0.25) is 9.79 Å². The molecule has 0 aromatic carbocycles. The fourth-order valence-electron chi connectivity index (χ4n) is 2.18. The summed E-state index contributed by atoms with van der Waals surface area (Å²) in [7, 11) is 0. The van der Waals surface area contributed by atoms with Crippen LogP contribution < -0.4 is 10.6 Å². The Labute approximate surface area is 122 Å². The van der Waals surface area contributed by atoms with Crippen LogP contribution in [0, 0.1) is 0 Å². The molecule has 0 radical (unpaired) electrons. The Morgan fingerprint density at radius 1 is 1.45 bits per heavy atom. The average Bonchev–Trinajstić information content (AvgIpc) is 2.76. The van der Waals surface area contributed by atoms with Crippen molar-refractivity contribution in [3.63, 3.8) is 0 Å². The smallest absolute Gasteiger partial charge is 0.252 e. The molecule has 1 saturated heterocycles. The highest BCUT2D eigenvalue weighted by Crippen LogP contribution is 2.35. The number of hydrogen-bond acceptors (Lipinski definition) is 7. The number of aliphatic imine (C=N–C) groups is 1. The third-order valence-electron chi connectivity index (χ3n) is 3.08. The number of ether oxygens (including phenoxy) is 1. The number of hydrogen-bond donors (Lipinski definition) is 4. The minimum atomic E-state index is -1.28. The topological polar surface area (TPSA) is 103 Å². The number of nitrogens with one attached hydrogen (secondary N) is 2. The molecule has 20 heavy (non-hydrogen) atoms. The number of amides is 1. The van der Waals surface area contributed by atoms with E-state index in [-0.39, 0.29) is 6.04 Å². The van der Waals surface area contributed by atoms with Crippen molar-refractivity contribution in [2.45, 2.75) is 56.6 Å². The maximum absolute atomic E-state index is 12.0. The maximum atomic E-state index is 12.0. The number of nitrogens with zero attached hydrogens (tertiary/aromatic N) is 1. The Hall–Kier alpha value is -0.830. The number of carbonyl (C=O) groups is 1. The summed E-state index contributed by atoms with van der Waals surface area (Å²) in [6.07, 6.45) is -3.46. The monoisotopic (exact) mass is 303 g/mol. The minimum absolute atomic E-state index is 0.0574. The summed E-state index contributed by atoms with van der Waals surface area (Å²) in [4.78, 5) is 16.3. The van der Waals surface area contributed by atoms with E-state index in [1.807, 2.05) is 20.8 Å². The van der Waals surface area contributed by atoms with Gasteiger partial charge in [0, 0.05) is 12.6 Å². The van der Waals surface area contributed by atoms with E-state index in [9.17, 15) is 15.0 Å². The van der Waals surface area contributed by atoms with Crippen LogP contribution >= 0.6 is 11.8 Å². The third kappa shape index (κ3) is 3.08. The van der Waals surface area contributed by atoms with Crippen LogP contribution in [0.25, 0.3) is 0 Å². The summed E-state index contributed by atoms with van der Waals surface area (Å²) in [5.74, 6) is -0.414. The van der Waals surface area contributed by atoms with Crippen molar-refractivity contribution in [3.8, 4) is 0 Å². The van der Waals surface area contributed by atoms with Crippen LogP contribution in [0.2, 0.25) is 0 Å². The Bertz CT molecular complexity index is 404. The van der Waals surface area contributed by atoms with E-state index in [2.05, 4.69) is 15.6 Å². The summed E-state index contributed by atoms with van der Waals surface area (Å²) in [5.41, 5.74) is -0.453. The molecule has 0 aromatic heterocycles. The molecule has 0 saturated carbocycles. The second-order valence-corrected chi connectivity index (χ2v) is 6.23. The van der Waals surface area contributed by atoms with Crippen molar-refractivity contribution >= 4 is 22.8 Å². The van der Waals surface area contributed by atoms with Gasteiger partial charge in [0.25, 0.3) is 5.91 Å². The van der Waals surface area contributed by atoms with Crippen molar-refractivity contribution in [2.24, 2.45) is 4.99 Å². The van der Waals surface area contributed by atoms with E-state index in [1.54, 1.807) is 0 Å². The van der Waals surface area contributed by atoms with Crippen LogP contribution in [0.4, 0.5) is 0 Å². The number of aliphatic hydroxyl groups excluding tert-OH is 2. The van der Waals surface area contributed by atoms with Crippen LogP contribution in [0.5, 0.6) is 0 Å². The Morgan fingerprint density at radius 3 is 2.75 bits per heavy atom. The lowest BCUT2D eigenvalue weighted by atomic mass is 9.97. The first-order valence-electron chi connectivity index (χ1n) is 6.74. The van der Waals surface area contributed by atoms with Gasteiger partial charge in [0.2, 0.25) is 0 Å². The molecule has 8 heteroatoms. The zero-order valence-corrected chi connectivity index (χ0v) is 12.6. The Kier molecular flexibility index (Phi) is 4.90. The van der Waals surface area contributed by atoms with Gasteiger partial charge in [0.15, 0.2) is 11.3 Å². The summed E-state index contributed by atoms with van der Waals surface area (Å²) in [5, 5.41) is 26.6. The molecule has 1 amide bonds. The van der Waals surface area contributed by atoms with Crippen LogP contribution in [0.15, 0.2) is 4.99 Å². The van der Waals surface area contributed by atoms with Gasteiger partial charge in [0.05, 0.1) is 0 Å². The molecule has 5 atom stereocenters. The van der Waals surface area contributed by atoms with Crippen LogP contribution in [0.3, 0.4) is 0 Å². The average molecular weight is 303 g/mol. The number of amidine groups is 1. The second-order valence-electron chi connectivity index (χ2n) is 5.14. The molecule has 2 aliphatic rings. The molecule has 0 unspecified atom stereocenters. The first kappa shape index (κ1) is 15.6. The summed E-state index contributed by atoms with van der Waals surface area (Å²) < 4.78 is 5.62. The molecule has 7 nitrogen and oxygen atoms in total. The fourth-order valence-corrected chi connectivity index (χ4v) is 3.35. The molecule has 2 aliphatic heterocycles. The van der Waals surface area contributed by atoms with Gasteiger partial charge >= 0.3 is 0 Å². The first-order chi connectivity index (χ1) is 9.43. The van der Waals surface area contributed by atoms with Crippen molar-refractivity contribution in [1.29, 1.82) is 0 Å². The van der Waals surface area contributed by atoms with E-state index in [1.165, 1.54) is 11.8 Å².